The Balaban J connectivity index is 1.11. The molecular formula is C52H32O. The van der Waals surface area contributed by atoms with Crippen molar-refractivity contribution in [1.29, 1.82) is 0 Å². The number of rotatable bonds is 4. The van der Waals surface area contributed by atoms with Crippen LogP contribution in [0.5, 0.6) is 0 Å². The van der Waals surface area contributed by atoms with E-state index in [0.717, 1.165) is 21.9 Å². The highest BCUT2D eigenvalue weighted by Gasteiger charge is 2.19. The third-order valence-corrected chi connectivity index (χ3v) is 11.0. The van der Waals surface area contributed by atoms with Gasteiger partial charge in [0.15, 0.2) is 0 Å². The first kappa shape index (κ1) is 29.7. The van der Waals surface area contributed by atoms with Gasteiger partial charge >= 0.3 is 0 Å². The van der Waals surface area contributed by atoms with Crippen LogP contribution in [0.3, 0.4) is 0 Å². The van der Waals surface area contributed by atoms with E-state index in [1.54, 1.807) is 0 Å². The number of hydrogen-bond acceptors (Lipinski definition) is 1. The Morgan fingerprint density at radius 1 is 0.245 bits per heavy atom. The molecule has 246 valence electrons. The summed E-state index contributed by atoms with van der Waals surface area (Å²) in [5, 5.41) is 12.2. The second kappa shape index (κ2) is 11.8. The van der Waals surface area contributed by atoms with Crippen molar-refractivity contribution in [3.63, 3.8) is 0 Å². The predicted octanol–water partition coefficient (Wildman–Crippen LogP) is 14.9. The van der Waals surface area contributed by atoms with Crippen LogP contribution in [0, 0.1) is 0 Å². The average Bonchev–Trinajstić information content (AvgIpc) is 3.60. The van der Waals surface area contributed by atoms with Crippen molar-refractivity contribution in [2.75, 3.05) is 0 Å². The van der Waals surface area contributed by atoms with E-state index in [9.17, 15) is 0 Å². The van der Waals surface area contributed by atoms with Gasteiger partial charge in [0.25, 0.3) is 0 Å². The van der Waals surface area contributed by atoms with E-state index in [1.165, 1.54) is 87.6 Å². The maximum Gasteiger partial charge on any atom is 0.135 e. The third-order valence-electron chi connectivity index (χ3n) is 11.0. The second-order valence-corrected chi connectivity index (χ2v) is 14.0. The molecule has 1 heterocycles. The van der Waals surface area contributed by atoms with Crippen molar-refractivity contribution in [1.82, 2.24) is 0 Å². The average molecular weight is 673 g/mol. The van der Waals surface area contributed by atoms with Gasteiger partial charge in [0.2, 0.25) is 0 Å². The molecule has 0 amide bonds. The molecule has 0 radical (unpaired) electrons. The summed E-state index contributed by atoms with van der Waals surface area (Å²) in [4.78, 5) is 0. The summed E-state index contributed by atoms with van der Waals surface area (Å²) in [6.45, 7) is 0. The zero-order valence-corrected chi connectivity index (χ0v) is 28.9. The molecule has 1 heteroatoms. The van der Waals surface area contributed by atoms with Crippen molar-refractivity contribution in [3.05, 3.63) is 194 Å². The van der Waals surface area contributed by atoms with Crippen molar-refractivity contribution in [3.8, 4) is 44.5 Å². The smallest absolute Gasteiger partial charge is 0.135 e. The highest BCUT2D eigenvalue weighted by molar-refractivity contribution is 6.24. The molecule has 11 rings (SSSR count). The molecule has 0 saturated carbocycles. The van der Waals surface area contributed by atoms with Crippen molar-refractivity contribution in [2.45, 2.75) is 0 Å². The number of para-hydroxylation sites is 1. The number of hydrogen-bond donors (Lipinski definition) is 0. The fraction of sp³-hybridized carbons (Fsp3) is 0. The maximum atomic E-state index is 6.22. The molecule has 0 aliphatic heterocycles. The molecule has 0 fully saturated rings. The van der Waals surface area contributed by atoms with E-state index in [2.05, 4.69) is 182 Å². The summed E-state index contributed by atoms with van der Waals surface area (Å²) in [7, 11) is 0. The van der Waals surface area contributed by atoms with Crippen molar-refractivity contribution >= 4 is 65.0 Å². The lowest BCUT2D eigenvalue weighted by molar-refractivity contribution is 0.669. The summed E-state index contributed by atoms with van der Waals surface area (Å²) in [5.41, 5.74) is 11.6. The Bertz CT molecular complexity index is 3180. The van der Waals surface area contributed by atoms with Gasteiger partial charge in [-0.3, -0.25) is 0 Å². The standard InChI is InChI=1S/C52H32O/c1-2-12-35-29-38(25-23-33(35)11-1)36-14-9-15-37(30-36)39-26-24-34-13-10-21-46(47(34)31-39)52-44-19-5-3-17-42(44)51(43-18-4-6-20-45(43)52)40-27-28-50-48(32-40)41-16-7-8-22-49(41)53-50/h1-32H. The molecule has 0 unspecified atom stereocenters. The third kappa shape index (κ3) is 4.79. The van der Waals surface area contributed by atoms with Crippen LogP contribution in [0.4, 0.5) is 0 Å². The van der Waals surface area contributed by atoms with Crippen LogP contribution in [0.1, 0.15) is 0 Å². The van der Waals surface area contributed by atoms with Crippen LogP contribution in [-0.2, 0) is 0 Å². The van der Waals surface area contributed by atoms with E-state index in [0.29, 0.717) is 0 Å². The Morgan fingerprint density at radius 3 is 1.51 bits per heavy atom. The van der Waals surface area contributed by atoms with Gasteiger partial charge in [0.05, 0.1) is 0 Å². The Labute approximate surface area is 307 Å². The summed E-state index contributed by atoms with van der Waals surface area (Å²) >= 11 is 0. The van der Waals surface area contributed by atoms with Gasteiger partial charge in [-0.15, -0.1) is 0 Å². The summed E-state index contributed by atoms with van der Waals surface area (Å²) in [6, 6.07) is 70.7. The van der Waals surface area contributed by atoms with E-state index in [-0.39, 0.29) is 0 Å². The summed E-state index contributed by atoms with van der Waals surface area (Å²) in [6.07, 6.45) is 0. The Morgan fingerprint density at radius 2 is 0.755 bits per heavy atom. The first-order chi connectivity index (χ1) is 26.3. The van der Waals surface area contributed by atoms with E-state index in [1.807, 2.05) is 12.1 Å². The molecule has 1 nitrogen and oxygen atoms in total. The van der Waals surface area contributed by atoms with E-state index in [4.69, 9.17) is 4.42 Å². The molecule has 0 saturated heterocycles. The molecule has 0 aliphatic carbocycles. The van der Waals surface area contributed by atoms with Crippen molar-refractivity contribution in [2.24, 2.45) is 0 Å². The van der Waals surface area contributed by atoms with Gasteiger partial charge in [-0.25, -0.2) is 0 Å². The van der Waals surface area contributed by atoms with Gasteiger partial charge in [-0.1, -0.05) is 158 Å². The van der Waals surface area contributed by atoms with Crippen LogP contribution in [0.15, 0.2) is 199 Å². The Kier molecular flexibility index (Phi) is 6.62. The quantitative estimate of drug-likeness (QED) is 0.170. The van der Waals surface area contributed by atoms with Crippen LogP contribution in [-0.4, -0.2) is 0 Å². The molecule has 0 N–H and O–H groups in total. The zero-order chi connectivity index (χ0) is 34.9. The number of fused-ring (bicyclic) bond motifs is 7. The zero-order valence-electron chi connectivity index (χ0n) is 28.9. The SMILES string of the molecule is c1cc(-c2ccc3ccccc3c2)cc(-c2ccc3cccc(-c4c5ccccc5c(-c5ccc6oc7ccccc7c6c5)c5ccccc45)c3c2)c1. The monoisotopic (exact) mass is 672 g/mol. The van der Waals surface area contributed by atoms with Crippen molar-refractivity contribution < 1.29 is 4.42 Å². The highest BCUT2D eigenvalue weighted by atomic mass is 16.3. The van der Waals surface area contributed by atoms with E-state index < -0.39 is 0 Å². The number of furan rings is 1. The Hall–Kier alpha value is -6.96. The van der Waals surface area contributed by atoms with Gasteiger partial charge in [0, 0.05) is 10.8 Å². The highest BCUT2D eigenvalue weighted by Crippen LogP contribution is 2.46. The largest absolute Gasteiger partial charge is 0.456 e. The second-order valence-electron chi connectivity index (χ2n) is 14.0. The summed E-state index contributed by atoms with van der Waals surface area (Å²) in [5.74, 6) is 0. The first-order valence-corrected chi connectivity index (χ1v) is 18.2. The van der Waals surface area contributed by atoms with E-state index >= 15 is 0 Å². The first-order valence-electron chi connectivity index (χ1n) is 18.2. The minimum Gasteiger partial charge on any atom is -0.456 e. The van der Waals surface area contributed by atoms with Gasteiger partial charge in [0.1, 0.15) is 11.2 Å². The lowest BCUT2D eigenvalue weighted by atomic mass is 9.84. The van der Waals surface area contributed by atoms with Gasteiger partial charge < -0.3 is 4.42 Å². The predicted molar refractivity (Wildman–Crippen MR) is 225 cm³/mol. The summed E-state index contributed by atoms with van der Waals surface area (Å²) < 4.78 is 6.22. The fourth-order valence-corrected chi connectivity index (χ4v) is 8.53. The minimum atomic E-state index is 0.912. The lowest BCUT2D eigenvalue weighted by Gasteiger charge is -2.19. The molecule has 10 aromatic carbocycles. The topological polar surface area (TPSA) is 13.1 Å². The lowest BCUT2D eigenvalue weighted by Crippen LogP contribution is -1.92. The molecule has 53 heavy (non-hydrogen) atoms. The van der Waals surface area contributed by atoms with Crippen LogP contribution >= 0.6 is 0 Å². The molecule has 11 aromatic rings. The number of benzene rings is 10. The molecule has 0 spiro atoms. The molecule has 1 aromatic heterocycles. The molecule has 0 aliphatic rings. The molecular weight excluding hydrogens is 641 g/mol. The minimum absolute atomic E-state index is 0.912. The molecule has 0 atom stereocenters. The van der Waals surface area contributed by atoms with Gasteiger partial charge in [-0.05, 0) is 124 Å². The normalized spacial score (nSPS) is 11.8. The van der Waals surface area contributed by atoms with Gasteiger partial charge in [-0.2, -0.15) is 0 Å². The van der Waals surface area contributed by atoms with Crippen LogP contribution in [0.2, 0.25) is 0 Å². The maximum absolute atomic E-state index is 6.22. The van der Waals surface area contributed by atoms with Crippen LogP contribution in [0.25, 0.3) is 110 Å². The molecule has 0 bridgehead atoms. The fourth-order valence-electron chi connectivity index (χ4n) is 8.53. The van der Waals surface area contributed by atoms with Crippen LogP contribution < -0.4 is 0 Å².